The number of rotatable bonds is 5. The summed E-state index contributed by atoms with van der Waals surface area (Å²) in [6.07, 6.45) is 0.895. The highest BCUT2D eigenvalue weighted by Gasteiger charge is 2.37. The predicted octanol–water partition coefficient (Wildman–Crippen LogP) is 4.58. The molecule has 3 aromatic carbocycles. The fourth-order valence-electron chi connectivity index (χ4n) is 3.67. The van der Waals surface area contributed by atoms with Crippen LogP contribution < -0.4 is 5.32 Å². The Hall–Kier alpha value is -3.40. The minimum atomic E-state index is -0.689. The maximum atomic E-state index is 13.3. The third-order valence-corrected chi connectivity index (χ3v) is 5.13. The quantitative estimate of drug-likeness (QED) is 0.714. The molecular formula is C24H22N2O2. The zero-order valence-corrected chi connectivity index (χ0v) is 15.8. The van der Waals surface area contributed by atoms with Gasteiger partial charge in [-0.3, -0.25) is 9.59 Å². The lowest BCUT2D eigenvalue weighted by atomic mass is 10.0. The van der Waals surface area contributed by atoms with Crippen molar-refractivity contribution in [3.8, 4) is 0 Å². The first-order valence-electron chi connectivity index (χ1n) is 9.51. The molecule has 0 aromatic heterocycles. The highest BCUT2D eigenvalue weighted by molar-refractivity contribution is 6.04. The summed E-state index contributed by atoms with van der Waals surface area (Å²) >= 11 is 0. The third-order valence-electron chi connectivity index (χ3n) is 5.13. The van der Waals surface area contributed by atoms with Gasteiger partial charge >= 0.3 is 0 Å². The van der Waals surface area contributed by atoms with Crippen molar-refractivity contribution in [2.45, 2.75) is 25.9 Å². The lowest BCUT2D eigenvalue weighted by Gasteiger charge is -2.27. The largest absolute Gasteiger partial charge is 0.324 e. The molecule has 0 unspecified atom stereocenters. The zero-order chi connectivity index (χ0) is 19.5. The van der Waals surface area contributed by atoms with Crippen molar-refractivity contribution in [2.75, 3.05) is 5.32 Å². The van der Waals surface area contributed by atoms with E-state index in [1.807, 2.05) is 78.9 Å². The first kappa shape index (κ1) is 18.0. The minimum absolute atomic E-state index is 0.109. The third kappa shape index (κ3) is 3.41. The summed E-state index contributed by atoms with van der Waals surface area (Å²) in [6.45, 7) is 2.50. The van der Waals surface area contributed by atoms with E-state index in [0.29, 0.717) is 12.1 Å². The van der Waals surface area contributed by atoms with Crippen molar-refractivity contribution in [3.05, 3.63) is 101 Å². The molecule has 1 atom stereocenters. The van der Waals surface area contributed by atoms with Crippen molar-refractivity contribution in [1.29, 1.82) is 0 Å². The second kappa shape index (κ2) is 7.69. The van der Waals surface area contributed by atoms with E-state index in [1.54, 1.807) is 4.90 Å². The zero-order valence-electron chi connectivity index (χ0n) is 15.8. The van der Waals surface area contributed by atoms with Crippen LogP contribution in [0.25, 0.3) is 0 Å². The van der Waals surface area contributed by atoms with Gasteiger partial charge in [0.25, 0.3) is 11.8 Å². The van der Waals surface area contributed by atoms with Gasteiger partial charge < -0.3 is 10.2 Å². The van der Waals surface area contributed by atoms with Crippen LogP contribution in [0, 0.1) is 0 Å². The molecule has 1 N–H and O–H groups in total. The molecular weight excluding hydrogens is 348 g/mol. The standard InChI is InChI=1S/C24H22N2O2/c1-2-17-9-8-13-20(15-17)25-23(27)22(18-10-4-3-5-11-18)26-16-19-12-6-7-14-21(19)24(26)28/h3-15,22H,2,16H2,1H3,(H,25,27)/t22-/m1/s1. The van der Waals surface area contributed by atoms with E-state index in [-0.39, 0.29) is 11.8 Å². The van der Waals surface area contributed by atoms with Crippen LogP contribution in [0.5, 0.6) is 0 Å². The van der Waals surface area contributed by atoms with Crippen molar-refractivity contribution < 1.29 is 9.59 Å². The average Bonchev–Trinajstić information content (AvgIpc) is 3.05. The van der Waals surface area contributed by atoms with Crippen LogP contribution in [-0.4, -0.2) is 16.7 Å². The van der Waals surface area contributed by atoms with Crippen LogP contribution in [0.1, 0.15) is 40.0 Å². The summed E-state index contributed by atoms with van der Waals surface area (Å²) in [4.78, 5) is 28.0. The number of amides is 2. The summed E-state index contributed by atoms with van der Waals surface area (Å²) in [5.74, 6) is -0.317. The smallest absolute Gasteiger partial charge is 0.255 e. The van der Waals surface area contributed by atoms with E-state index < -0.39 is 6.04 Å². The normalized spacial score (nSPS) is 13.9. The molecule has 4 heteroatoms. The number of aryl methyl sites for hydroxylation is 1. The summed E-state index contributed by atoms with van der Waals surface area (Å²) in [6, 6.07) is 24.1. The Balaban J connectivity index is 1.67. The number of carbonyl (C=O) groups excluding carboxylic acids is 2. The average molecular weight is 370 g/mol. The minimum Gasteiger partial charge on any atom is -0.324 e. The first-order valence-corrected chi connectivity index (χ1v) is 9.51. The molecule has 4 rings (SSSR count). The van der Waals surface area contributed by atoms with Crippen molar-refractivity contribution in [2.24, 2.45) is 0 Å². The van der Waals surface area contributed by atoms with Gasteiger partial charge in [0, 0.05) is 17.8 Å². The van der Waals surface area contributed by atoms with E-state index in [0.717, 1.165) is 28.8 Å². The molecule has 2 amide bonds. The Morgan fingerprint density at radius 2 is 1.75 bits per heavy atom. The molecule has 0 radical (unpaired) electrons. The topological polar surface area (TPSA) is 49.4 Å². The van der Waals surface area contributed by atoms with Gasteiger partial charge in [-0.15, -0.1) is 0 Å². The lowest BCUT2D eigenvalue weighted by Crippen LogP contribution is -2.37. The fraction of sp³-hybridized carbons (Fsp3) is 0.167. The Labute approximate surface area is 164 Å². The van der Waals surface area contributed by atoms with Crippen molar-refractivity contribution in [3.63, 3.8) is 0 Å². The monoisotopic (exact) mass is 370 g/mol. The Morgan fingerprint density at radius 3 is 2.50 bits per heavy atom. The molecule has 1 heterocycles. The Kier molecular flexibility index (Phi) is 4.94. The Morgan fingerprint density at radius 1 is 1.00 bits per heavy atom. The SMILES string of the molecule is CCc1cccc(NC(=O)[C@@H](c2ccccc2)N2Cc3ccccc3C2=O)c1. The number of carbonyl (C=O) groups is 2. The van der Waals surface area contributed by atoms with Crippen LogP contribution in [0.2, 0.25) is 0 Å². The number of hydrogen-bond donors (Lipinski definition) is 1. The molecule has 28 heavy (non-hydrogen) atoms. The highest BCUT2D eigenvalue weighted by atomic mass is 16.2. The fourth-order valence-corrected chi connectivity index (χ4v) is 3.67. The van der Waals surface area contributed by atoms with Gasteiger partial charge in [-0.2, -0.15) is 0 Å². The van der Waals surface area contributed by atoms with Crippen LogP contribution >= 0.6 is 0 Å². The molecule has 0 spiro atoms. The molecule has 1 aliphatic heterocycles. The van der Waals surface area contributed by atoms with Gasteiger partial charge in [-0.05, 0) is 41.3 Å². The predicted molar refractivity (Wildman–Crippen MR) is 110 cm³/mol. The second-order valence-corrected chi connectivity index (χ2v) is 6.95. The number of anilines is 1. The maximum Gasteiger partial charge on any atom is 0.255 e. The first-order chi connectivity index (χ1) is 13.7. The van der Waals surface area contributed by atoms with Gasteiger partial charge in [-0.1, -0.05) is 67.6 Å². The molecule has 140 valence electrons. The van der Waals surface area contributed by atoms with Crippen molar-refractivity contribution in [1.82, 2.24) is 4.90 Å². The van der Waals surface area contributed by atoms with Gasteiger partial charge in [0.15, 0.2) is 0 Å². The highest BCUT2D eigenvalue weighted by Crippen LogP contribution is 2.32. The summed E-state index contributed by atoms with van der Waals surface area (Å²) in [5.41, 5.74) is 4.32. The molecule has 0 aliphatic carbocycles. The number of fused-ring (bicyclic) bond motifs is 1. The molecule has 0 saturated heterocycles. The van der Waals surface area contributed by atoms with Crippen molar-refractivity contribution >= 4 is 17.5 Å². The van der Waals surface area contributed by atoms with Crippen LogP contribution in [0.15, 0.2) is 78.9 Å². The number of hydrogen-bond acceptors (Lipinski definition) is 2. The number of nitrogens with one attached hydrogen (secondary N) is 1. The molecule has 3 aromatic rings. The van der Waals surface area contributed by atoms with Crippen LogP contribution in [0.3, 0.4) is 0 Å². The van der Waals surface area contributed by atoms with Crippen LogP contribution in [0.4, 0.5) is 5.69 Å². The van der Waals surface area contributed by atoms with Crippen LogP contribution in [-0.2, 0) is 17.8 Å². The van der Waals surface area contributed by atoms with E-state index in [4.69, 9.17) is 0 Å². The number of nitrogens with zero attached hydrogens (tertiary/aromatic N) is 1. The van der Waals surface area contributed by atoms with Gasteiger partial charge in [0.05, 0.1) is 0 Å². The number of benzene rings is 3. The van der Waals surface area contributed by atoms with Gasteiger partial charge in [0.2, 0.25) is 0 Å². The second-order valence-electron chi connectivity index (χ2n) is 6.95. The van der Waals surface area contributed by atoms with Gasteiger partial charge in [-0.25, -0.2) is 0 Å². The Bertz CT molecular complexity index is 1010. The lowest BCUT2D eigenvalue weighted by molar-refractivity contribution is -0.120. The van der Waals surface area contributed by atoms with Gasteiger partial charge in [0.1, 0.15) is 6.04 Å². The molecule has 0 fully saturated rings. The molecule has 1 aliphatic rings. The molecule has 0 saturated carbocycles. The summed E-state index contributed by atoms with van der Waals surface area (Å²) in [5, 5.41) is 3.01. The maximum absolute atomic E-state index is 13.3. The van der Waals surface area contributed by atoms with E-state index >= 15 is 0 Å². The summed E-state index contributed by atoms with van der Waals surface area (Å²) in [7, 11) is 0. The molecule has 0 bridgehead atoms. The van der Waals surface area contributed by atoms with E-state index in [9.17, 15) is 9.59 Å². The van der Waals surface area contributed by atoms with E-state index in [1.165, 1.54) is 0 Å². The summed E-state index contributed by atoms with van der Waals surface area (Å²) < 4.78 is 0. The van der Waals surface area contributed by atoms with E-state index in [2.05, 4.69) is 12.2 Å². The molecule has 4 nitrogen and oxygen atoms in total.